The van der Waals surface area contributed by atoms with Crippen LogP contribution in [0.2, 0.25) is 0 Å². The predicted molar refractivity (Wildman–Crippen MR) is 114 cm³/mol. The first-order chi connectivity index (χ1) is 13.5. The molecule has 1 fully saturated rings. The molecule has 0 amide bonds. The molecule has 0 aromatic carbocycles. The smallest absolute Gasteiger partial charge is 0.191 e. The van der Waals surface area contributed by atoms with Crippen molar-refractivity contribution in [2.45, 2.75) is 78.6 Å². The first-order valence-electron chi connectivity index (χ1n) is 10.9. The summed E-state index contributed by atoms with van der Waals surface area (Å²) in [5.74, 6) is 2.11. The Balaban J connectivity index is 1.77. The standard InChI is InChI=1S/C21H39N5O2/c1-6-18(7-2)20-12-19(28-25-20)13-24-21(22-8-3)23-10-9-11-26-14-16(4)27-17(5)15-26/h12,16-18H,6-11,13-15H2,1-5H3,(H2,22,23,24). The zero-order valence-corrected chi connectivity index (χ0v) is 18.3. The first-order valence-corrected chi connectivity index (χ1v) is 10.9. The van der Waals surface area contributed by atoms with Crippen LogP contribution in [-0.2, 0) is 11.3 Å². The van der Waals surface area contributed by atoms with Crippen LogP contribution >= 0.6 is 0 Å². The van der Waals surface area contributed by atoms with Gasteiger partial charge in [0.1, 0.15) is 6.54 Å². The molecule has 1 aliphatic heterocycles. The summed E-state index contributed by atoms with van der Waals surface area (Å²) in [7, 11) is 0. The normalized spacial score (nSPS) is 21.3. The molecule has 1 aliphatic rings. The highest BCUT2D eigenvalue weighted by atomic mass is 16.5. The maximum Gasteiger partial charge on any atom is 0.191 e. The van der Waals surface area contributed by atoms with Gasteiger partial charge < -0.3 is 19.9 Å². The predicted octanol–water partition coefficient (Wildman–Crippen LogP) is 3.13. The average Bonchev–Trinajstić information content (AvgIpc) is 3.12. The van der Waals surface area contributed by atoms with Gasteiger partial charge in [-0.25, -0.2) is 4.99 Å². The molecule has 7 heteroatoms. The molecule has 0 radical (unpaired) electrons. The van der Waals surface area contributed by atoms with E-state index in [1.165, 1.54) is 0 Å². The third-order valence-corrected chi connectivity index (χ3v) is 5.16. The molecule has 2 rings (SSSR count). The van der Waals surface area contributed by atoms with Crippen molar-refractivity contribution in [2.75, 3.05) is 32.7 Å². The van der Waals surface area contributed by atoms with Crippen LogP contribution in [0.5, 0.6) is 0 Å². The quantitative estimate of drug-likeness (QED) is 0.361. The van der Waals surface area contributed by atoms with Crippen LogP contribution in [0.15, 0.2) is 15.6 Å². The number of hydrogen-bond donors (Lipinski definition) is 2. The van der Waals surface area contributed by atoms with Crippen molar-refractivity contribution >= 4 is 5.96 Å². The third kappa shape index (κ3) is 7.43. The van der Waals surface area contributed by atoms with Crippen molar-refractivity contribution in [3.05, 3.63) is 17.5 Å². The molecule has 2 N–H and O–H groups in total. The van der Waals surface area contributed by atoms with Crippen LogP contribution in [0.4, 0.5) is 0 Å². The summed E-state index contributed by atoms with van der Waals surface area (Å²) in [5, 5.41) is 10.9. The lowest BCUT2D eigenvalue weighted by molar-refractivity contribution is -0.0679. The second-order valence-electron chi connectivity index (χ2n) is 7.72. The molecule has 160 valence electrons. The second-order valence-corrected chi connectivity index (χ2v) is 7.72. The molecule has 2 unspecified atom stereocenters. The van der Waals surface area contributed by atoms with Gasteiger partial charge in [0, 0.05) is 44.7 Å². The van der Waals surface area contributed by atoms with E-state index in [0.717, 1.165) is 69.4 Å². The Bertz CT molecular complexity index is 575. The lowest BCUT2D eigenvalue weighted by atomic mass is 9.99. The van der Waals surface area contributed by atoms with E-state index in [0.29, 0.717) is 24.7 Å². The van der Waals surface area contributed by atoms with Crippen LogP contribution in [0.25, 0.3) is 0 Å². The molecular weight excluding hydrogens is 354 g/mol. The minimum Gasteiger partial charge on any atom is -0.373 e. The van der Waals surface area contributed by atoms with Crippen molar-refractivity contribution in [2.24, 2.45) is 4.99 Å². The fraction of sp³-hybridized carbons (Fsp3) is 0.810. The van der Waals surface area contributed by atoms with Crippen LogP contribution < -0.4 is 10.6 Å². The SMILES string of the molecule is CCNC(=NCc1cc(C(CC)CC)no1)NCCCN1CC(C)OC(C)C1. The van der Waals surface area contributed by atoms with Gasteiger partial charge in [-0.15, -0.1) is 0 Å². The minimum atomic E-state index is 0.322. The van der Waals surface area contributed by atoms with Crippen molar-refractivity contribution in [3.63, 3.8) is 0 Å². The number of morpholine rings is 1. The summed E-state index contributed by atoms with van der Waals surface area (Å²) in [6, 6.07) is 2.05. The molecule has 1 aromatic heterocycles. The van der Waals surface area contributed by atoms with Gasteiger partial charge in [0.05, 0.1) is 17.9 Å². The maximum atomic E-state index is 5.80. The van der Waals surface area contributed by atoms with Crippen LogP contribution in [0, 0.1) is 0 Å². The highest BCUT2D eigenvalue weighted by molar-refractivity contribution is 5.79. The first kappa shape index (κ1) is 22.7. The van der Waals surface area contributed by atoms with E-state index in [9.17, 15) is 0 Å². The van der Waals surface area contributed by atoms with Gasteiger partial charge in [0.2, 0.25) is 0 Å². The fourth-order valence-corrected chi connectivity index (χ4v) is 3.78. The van der Waals surface area contributed by atoms with Gasteiger partial charge in [-0.05, 0) is 40.0 Å². The molecule has 0 saturated carbocycles. The summed E-state index contributed by atoms with van der Waals surface area (Å²) < 4.78 is 11.3. The number of ether oxygens (including phenoxy) is 1. The number of rotatable bonds is 10. The molecule has 7 nitrogen and oxygen atoms in total. The van der Waals surface area contributed by atoms with E-state index in [1.54, 1.807) is 0 Å². The molecule has 0 aliphatic carbocycles. The lowest BCUT2D eigenvalue weighted by Crippen LogP contribution is -2.46. The van der Waals surface area contributed by atoms with Crippen LogP contribution in [0.1, 0.15) is 71.3 Å². The number of nitrogens with one attached hydrogen (secondary N) is 2. The number of nitrogens with zero attached hydrogens (tertiary/aromatic N) is 3. The topological polar surface area (TPSA) is 74.9 Å². The Morgan fingerprint density at radius 3 is 2.57 bits per heavy atom. The highest BCUT2D eigenvalue weighted by Crippen LogP contribution is 2.22. The van der Waals surface area contributed by atoms with Gasteiger partial charge in [0.25, 0.3) is 0 Å². The Morgan fingerprint density at radius 2 is 1.93 bits per heavy atom. The molecule has 1 aromatic rings. The summed E-state index contributed by atoms with van der Waals surface area (Å²) >= 11 is 0. The number of aromatic nitrogens is 1. The van der Waals surface area contributed by atoms with E-state index in [1.807, 2.05) is 6.07 Å². The van der Waals surface area contributed by atoms with E-state index >= 15 is 0 Å². The molecule has 2 atom stereocenters. The average molecular weight is 394 g/mol. The molecule has 2 heterocycles. The number of guanidine groups is 1. The summed E-state index contributed by atoms with van der Waals surface area (Å²) in [4.78, 5) is 7.13. The lowest BCUT2D eigenvalue weighted by Gasteiger charge is -2.35. The van der Waals surface area contributed by atoms with Crippen molar-refractivity contribution in [1.29, 1.82) is 0 Å². The number of aliphatic imine (C=N–C) groups is 1. The summed E-state index contributed by atoms with van der Waals surface area (Å²) in [6.45, 7) is 16.1. The zero-order valence-electron chi connectivity index (χ0n) is 18.3. The molecule has 28 heavy (non-hydrogen) atoms. The maximum absolute atomic E-state index is 5.80. The van der Waals surface area contributed by atoms with E-state index < -0.39 is 0 Å². The summed E-state index contributed by atoms with van der Waals surface area (Å²) in [6.07, 6.45) is 3.88. The monoisotopic (exact) mass is 393 g/mol. The molecule has 1 saturated heterocycles. The summed E-state index contributed by atoms with van der Waals surface area (Å²) in [5.41, 5.74) is 1.04. The molecule has 0 spiro atoms. The van der Waals surface area contributed by atoms with E-state index in [-0.39, 0.29) is 0 Å². The highest BCUT2D eigenvalue weighted by Gasteiger charge is 2.21. The fourth-order valence-electron chi connectivity index (χ4n) is 3.78. The largest absolute Gasteiger partial charge is 0.373 e. The zero-order chi connectivity index (χ0) is 20.4. The van der Waals surface area contributed by atoms with Gasteiger partial charge in [0.15, 0.2) is 11.7 Å². The number of hydrogen-bond acceptors (Lipinski definition) is 5. The van der Waals surface area contributed by atoms with Crippen molar-refractivity contribution in [3.8, 4) is 0 Å². The Morgan fingerprint density at radius 1 is 1.21 bits per heavy atom. The third-order valence-electron chi connectivity index (χ3n) is 5.16. The van der Waals surface area contributed by atoms with Crippen LogP contribution in [-0.4, -0.2) is 60.9 Å². The van der Waals surface area contributed by atoms with Crippen molar-refractivity contribution in [1.82, 2.24) is 20.7 Å². The second kappa shape index (κ2) is 12.1. The minimum absolute atomic E-state index is 0.322. The Kier molecular flexibility index (Phi) is 9.78. The Labute approximate surface area is 170 Å². The van der Waals surface area contributed by atoms with Gasteiger partial charge in [-0.2, -0.15) is 0 Å². The van der Waals surface area contributed by atoms with Crippen molar-refractivity contribution < 1.29 is 9.26 Å². The molecule has 0 bridgehead atoms. The van der Waals surface area contributed by atoms with Gasteiger partial charge in [-0.1, -0.05) is 19.0 Å². The van der Waals surface area contributed by atoms with E-state index in [2.05, 4.69) is 60.3 Å². The van der Waals surface area contributed by atoms with Crippen LogP contribution in [0.3, 0.4) is 0 Å². The van der Waals surface area contributed by atoms with Gasteiger partial charge in [-0.3, -0.25) is 4.90 Å². The Hall–Kier alpha value is -1.60. The van der Waals surface area contributed by atoms with Gasteiger partial charge >= 0.3 is 0 Å². The van der Waals surface area contributed by atoms with E-state index in [4.69, 9.17) is 9.26 Å². The molecular formula is C21H39N5O2.